The number of piperidine rings is 1. The number of fused-ring (bicyclic) bond motifs is 1. The highest BCUT2D eigenvalue weighted by Crippen LogP contribution is 2.23. The fraction of sp³-hybridized carbons (Fsp3) is 0.400. The predicted octanol–water partition coefficient (Wildman–Crippen LogP) is 3.80. The maximum absolute atomic E-state index is 12.5. The van der Waals surface area contributed by atoms with E-state index in [0.717, 1.165) is 34.9 Å². The summed E-state index contributed by atoms with van der Waals surface area (Å²) in [6.07, 6.45) is 2.34. The molecular weight excluding hydrogens is 304 g/mol. The largest absolute Gasteiger partial charge is 0.351 e. The SMILES string of the molecule is CC1CCCN(C(=O)c2cc3cc(Br)ccc3[nH]2)C1. The Morgan fingerprint density at radius 1 is 1.42 bits per heavy atom. The molecule has 1 aromatic carbocycles. The molecule has 19 heavy (non-hydrogen) atoms. The van der Waals surface area contributed by atoms with E-state index >= 15 is 0 Å². The van der Waals surface area contributed by atoms with E-state index in [0.29, 0.717) is 11.6 Å². The van der Waals surface area contributed by atoms with E-state index in [1.807, 2.05) is 29.2 Å². The number of carbonyl (C=O) groups is 1. The van der Waals surface area contributed by atoms with Gasteiger partial charge in [0.25, 0.3) is 5.91 Å². The molecular formula is C15H17BrN2O. The van der Waals surface area contributed by atoms with Crippen molar-refractivity contribution in [1.82, 2.24) is 9.88 Å². The van der Waals surface area contributed by atoms with Crippen molar-refractivity contribution in [2.45, 2.75) is 19.8 Å². The van der Waals surface area contributed by atoms with Crippen LogP contribution in [0, 0.1) is 5.92 Å². The third kappa shape index (κ3) is 2.54. The Morgan fingerprint density at radius 3 is 3.05 bits per heavy atom. The minimum absolute atomic E-state index is 0.124. The van der Waals surface area contributed by atoms with Crippen molar-refractivity contribution in [3.05, 3.63) is 34.4 Å². The van der Waals surface area contributed by atoms with Crippen LogP contribution in [0.4, 0.5) is 0 Å². The smallest absolute Gasteiger partial charge is 0.270 e. The lowest BCUT2D eigenvalue weighted by atomic mass is 10.00. The number of carbonyl (C=O) groups excluding carboxylic acids is 1. The number of hydrogen-bond donors (Lipinski definition) is 1. The van der Waals surface area contributed by atoms with Crippen molar-refractivity contribution in [3.8, 4) is 0 Å². The van der Waals surface area contributed by atoms with Crippen molar-refractivity contribution in [2.75, 3.05) is 13.1 Å². The van der Waals surface area contributed by atoms with Crippen LogP contribution in [0.15, 0.2) is 28.7 Å². The van der Waals surface area contributed by atoms with E-state index in [9.17, 15) is 4.79 Å². The molecule has 1 atom stereocenters. The number of hydrogen-bond acceptors (Lipinski definition) is 1. The lowest BCUT2D eigenvalue weighted by Gasteiger charge is -2.30. The summed E-state index contributed by atoms with van der Waals surface area (Å²) in [4.78, 5) is 17.7. The summed E-state index contributed by atoms with van der Waals surface area (Å²) in [7, 11) is 0. The average molecular weight is 321 g/mol. The molecule has 1 aliphatic heterocycles. The average Bonchev–Trinajstić information content (AvgIpc) is 2.80. The second kappa shape index (κ2) is 5.00. The zero-order chi connectivity index (χ0) is 13.4. The number of likely N-dealkylation sites (tertiary alicyclic amines) is 1. The van der Waals surface area contributed by atoms with Gasteiger partial charge in [-0.2, -0.15) is 0 Å². The molecule has 1 fully saturated rings. The normalized spacial score (nSPS) is 19.9. The Labute approximate surface area is 121 Å². The van der Waals surface area contributed by atoms with Gasteiger partial charge in [-0.1, -0.05) is 22.9 Å². The molecule has 3 rings (SSSR count). The lowest BCUT2D eigenvalue weighted by Crippen LogP contribution is -2.39. The molecule has 0 aliphatic carbocycles. The first-order valence-corrected chi connectivity index (χ1v) is 7.50. The third-order valence-electron chi connectivity index (χ3n) is 3.76. The Hall–Kier alpha value is -1.29. The highest BCUT2D eigenvalue weighted by Gasteiger charge is 2.23. The summed E-state index contributed by atoms with van der Waals surface area (Å²) in [6.45, 7) is 3.96. The minimum Gasteiger partial charge on any atom is -0.351 e. The highest BCUT2D eigenvalue weighted by molar-refractivity contribution is 9.10. The molecule has 0 bridgehead atoms. The van der Waals surface area contributed by atoms with Gasteiger partial charge in [-0.05, 0) is 43.0 Å². The second-order valence-electron chi connectivity index (χ2n) is 5.41. The summed E-state index contributed by atoms with van der Waals surface area (Å²) in [5.74, 6) is 0.732. The summed E-state index contributed by atoms with van der Waals surface area (Å²) >= 11 is 3.45. The maximum Gasteiger partial charge on any atom is 0.270 e. The number of amides is 1. The standard InChI is InChI=1S/C15H17BrN2O/c1-10-3-2-6-18(9-10)15(19)14-8-11-7-12(16)4-5-13(11)17-14/h4-5,7-8,10,17H,2-3,6,9H2,1H3. The summed E-state index contributed by atoms with van der Waals surface area (Å²) in [6, 6.07) is 7.95. The van der Waals surface area contributed by atoms with Crippen molar-refractivity contribution < 1.29 is 4.79 Å². The fourth-order valence-corrected chi connectivity index (χ4v) is 3.14. The van der Waals surface area contributed by atoms with Crippen LogP contribution >= 0.6 is 15.9 Å². The Balaban J connectivity index is 1.88. The molecule has 1 aliphatic rings. The number of halogens is 1. The molecule has 1 N–H and O–H groups in total. The third-order valence-corrected chi connectivity index (χ3v) is 4.25. The monoisotopic (exact) mass is 320 g/mol. The lowest BCUT2D eigenvalue weighted by molar-refractivity contribution is 0.0678. The van der Waals surface area contributed by atoms with Crippen LogP contribution in [0.2, 0.25) is 0 Å². The van der Waals surface area contributed by atoms with Gasteiger partial charge in [-0.25, -0.2) is 0 Å². The second-order valence-corrected chi connectivity index (χ2v) is 6.33. The Kier molecular flexibility index (Phi) is 3.35. The summed E-state index contributed by atoms with van der Waals surface area (Å²) < 4.78 is 1.03. The van der Waals surface area contributed by atoms with Gasteiger partial charge in [-0.3, -0.25) is 4.79 Å². The van der Waals surface area contributed by atoms with E-state index in [-0.39, 0.29) is 5.91 Å². The van der Waals surface area contributed by atoms with E-state index in [1.165, 1.54) is 6.42 Å². The van der Waals surface area contributed by atoms with Crippen LogP contribution in [-0.4, -0.2) is 28.9 Å². The molecule has 4 heteroatoms. The molecule has 2 aromatic rings. The molecule has 1 aromatic heterocycles. The van der Waals surface area contributed by atoms with Crippen molar-refractivity contribution in [2.24, 2.45) is 5.92 Å². The molecule has 0 saturated carbocycles. The molecule has 3 nitrogen and oxygen atoms in total. The maximum atomic E-state index is 12.5. The van der Waals surface area contributed by atoms with Gasteiger partial charge >= 0.3 is 0 Å². The van der Waals surface area contributed by atoms with Gasteiger partial charge in [0.2, 0.25) is 0 Å². The van der Waals surface area contributed by atoms with Crippen LogP contribution in [0.1, 0.15) is 30.3 Å². The Bertz CT molecular complexity index is 620. The number of nitrogens with one attached hydrogen (secondary N) is 1. The molecule has 1 saturated heterocycles. The van der Waals surface area contributed by atoms with Gasteiger partial charge in [0.1, 0.15) is 5.69 Å². The molecule has 2 heterocycles. The van der Waals surface area contributed by atoms with Crippen molar-refractivity contribution >= 4 is 32.7 Å². The topological polar surface area (TPSA) is 36.1 Å². The molecule has 0 spiro atoms. The summed E-state index contributed by atoms with van der Waals surface area (Å²) in [5.41, 5.74) is 1.71. The number of nitrogens with zero attached hydrogens (tertiary/aromatic N) is 1. The van der Waals surface area contributed by atoms with Gasteiger partial charge in [0.05, 0.1) is 0 Å². The van der Waals surface area contributed by atoms with Crippen molar-refractivity contribution in [1.29, 1.82) is 0 Å². The van der Waals surface area contributed by atoms with Crippen LogP contribution in [0.25, 0.3) is 10.9 Å². The van der Waals surface area contributed by atoms with E-state index in [2.05, 4.69) is 27.8 Å². The zero-order valence-electron chi connectivity index (χ0n) is 10.9. The minimum atomic E-state index is 0.124. The Morgan fingerprint density at radius 2 is 2.26 bits per heavy atom. The van der Waals surface area contributed by atoms with Gasteiger partial charge in [-0.15, -0.1) is 0 Å². The van der Waals surface area contributed by atoms with Crippen LogP contribution < -0.4 is 0 Å². The first-order valence-electron chi connectivity index (χ1n) is 6.71. The molecule has 1 amide bonds. The van der Waals surface area contributed by atoms with E-state index in [1.54, 1.807) is 0 Å². The first kappa shape index (κ1) is 12.7. The number of H-pyrrole nitrogens is 1. The number of rotatable bonds is 1. The van der Waals surface area contributed by atoms with Crippen LogP contribution in [-0.2, 0) is 0 Å². The number of aromatic nitrogens is 1. The first-order chi connectivity index (χ1) is 9.13. The van der Waals surface area contributed by atoms with Crippen LogP contribution in [0.3, 0.4) is 0 Å². The number of benzene rings is 1. The predicted molar refractivity (Wildman–Crippen MR) is 80.3 cm³/mol. The van der Waals surface area contributed by atoms with E-state index in [4.69, 9.17) is 0 Å². The van der Waals surface area contributed by atoms with Gasteiger partial charge < -0.3 is 9.88 Å². The van der Waals surface area contributed by atoms with Crippen LogP contribution in [0.5, 0.6) is 0 Å². The quantitative estimate of drug-likeness (QED) is 0.852. The van der Waals surface area contributed by atoms with Gasteiger partial charge in [0.15, 0.2) is 0 Å². The zero-order valence-corrected chi connectivity index (χ0v) is 12.5. The molecule has 100 valence electrons. The highest BCUT2D eigenvalue weighted by atomic mass is 79.9. The van der Waals surface area contributed by atoms with Crippen molar-refractivity contribution in [3.63, 3.8) is 0 Å². The van der Waals surface area contributed by atoms with E-state index < -0.39 is 0 Å². The van der Waals surface area contributed by atoms with Gasteiger partial charge in [0, 0.05) is 28.5 Å². The molecule has 0 radical (unpaired) electrons. The summed E-state index contributed by atoms with van der Waals surface area (Å²) in [5, 5.41) is 1.07. The molecule has 1 unspecified atom stereocenters. The number of aromatic amines is 1. The fourth-order valence-electron chi connectivity index (χ4n) is 2.76.